The molecule has 39 heavy (non-hydrogen) atoms. The quantitative estimate of drug-likeness (QED) is 0.0305. The predicted octanol–water partition coefficient (Wildman–Crippen LogP) is -1.91. The normalized spacial score (nSPS) is 12.7. The monoisotopic (exact) mass is 628 g/mol. The van der Waals surface area contributed by atoms with Crippen molar-refractivity contribution in [2.24, 2.45) is 38.8 Å². The number of amides is 3. The minimum absolute atomic E-state index is 0. The summed E-state index contributed by atoms with van der Waals surface area (Å²) in [4.78, 5) is 56.6. The van der Waals surface area contributed by atoms with Crippen LogP contribution < -0.4 is 44.2 Å². The summed E-state index contributed by atoms with van der Waals surface area (Å²) in [5.74, 6) is -0.777. The minimum atomic E-state index is -0.494. The van der Waals surface area contributed by atoms with Crippen LogP contribution in [0.3, 0.4) is 0 Å². The van der Waals surface area contributed by atoms with Gasteiger partial charge in [0.2, 0.25) is 17.7 Å². The molecule has 3 atom stereocenters. The summed E-state index contributed by atoms with van der Waals surface area (Å²) < 4.78 is 0. The Bertz CT molecular complexity index is 787. The van der Waals surface area contributed by atoms with Gasteiger partial charge in [0.15, 0.2) is 11.9 Å². The Morgan fingerprint density at radius 2 is 1.31 bits per heavy atom. The first-order valence-corrected chi connectivity index (χ1v) is 13.0. The van der Waals surface area contributed by atoms with Gasteiger partial charge in [-0.2, -0.15) is 0 Å². The van der Waals surface area contributed by atoms with Gasteiger partial charge >= 0.3 is 0 Å². The molecule has 0 rings (SSSR count). The van der Waals surface area contributed by atoms with Crippen LogP contribution in [-0.2, 0) is 51.9 Å². The number of nitrogens with two attached hydrogens (primary N) is 4. The van der Waals surface area contributed by atoms with E-state index < -0.39 is 12.1 Å². The zero-order valence-electron chi connectivity index (χ0n) is 23.5. The smallest absolute Gasteiger partial charge is 0.222 e. The molecule has 0 aromatic rings. The molecule has 0 unspecified atom stereocenters. The van der Waals surface area contributed by atoms with E-state index in [1.54, 1.807) is 7.05 Å². The second kappa shape index (κ2) is 23.6. The Morgan fingerprint density at radius 1 is 0.795 bits per heavy atom. The van der Waals surface area contributed by atoms with Crippen molar-refractivity contribution < 1.29 is 51.9 Å². The third-order valence-electron chi connectivity index (χ3n) is 5.66. The van der Waals surface area contributed by atoms with Crippen molar-refractivity contribution in [1.29, 1.82) is 0 Å². The molecule has 3 amide bonds. The number of nitrogens with one attached hydrogen (secondary N) is 4. The average molecular weight is 629 g/mol. The standard InChI is InChI=1S/C24H47N10O4.Y/c1-16(2)19(34-20(36)8-12-29-3)15-22(38)33-18(7-5-11-31-24(27)28)14-21(37)32-17(9-13-35)6-4-10-30-23(25)26;/h16-19,29H,4-12,14-15H2,1-3H3,(H,32,37)(H,33,38)(H,34,36)(H4,25,26,30)(H4,27,28,31);/q-1;/t17-,18-,19+;/m0./s1. The summed E-state index contributed by atoms with van der Waals surface area (Å²) in [6, 6.07) is -1.27. The number of rotatable bonds is 21. The Labute approximate surface area is 257 Å². The topological polar surface area (TPSA) is 245 Å². The van der Waals surface area contributed by atoms with Crippen molar-refractivity contribution in [3.05, 3.63) is 0 Å². The van der Waals surface area contributed by atoms with E-state index in [4.69, 9.17) is 22.9 Å². The van der Waals surface area contributed by atoms with E-state index in [-0.39, 0.29) is 93.6 Å². The predicted molar refractivity (Wildman–Crippen MR) is 149 cm³/mol. The molecular weight excluding hydrogens is 581 g/mol. The van der Waals surface area contributed by atoms with Gasteiger partial charge in [-0.15, -0.1) is 6.42 Å². The number of carbonyl (C=O) groups is 3. The van der Waals surface area contributed by atoms with E-state index in [1.165, 1.54) is 0 Å². The van der Waals surface area contributed by atoms with Crippen LogP contribution in [0.15, 0.2) is 9.98 Å². The first kappa shape index (κ1) is 38.8. The van der Waals surface area contributed by atoms with E-state index in [2.05, 4.69) is 31.3 Å². The molecule has 0 aliphatic carbocycles. The molecule has 0 spiro atoms. The zero-order chi connectivity index (χ0) is 28.9. The van der Waals surface area contributed by atoms with Crippen LogP contribution in [0.2, 0.25) is 0 Å². The minimum Gasteiger partial charge on any atom is -0.542 e. The molecule has 0 aliphatic heterocycles. The molecule has 221 valence electrons. The Balaban J connectivity index is 0. The number of carbonyl (C=O) groups excluding carboxylic acids is 4. The van der Waals surface area contributed by atoms with E-state index in [0.29, 0.717) is 51.7 Å². The largest absolute Gasteiger partial charge is 0.542 e. The fraction of sp³-hybridized carbons (Fsp3) is 0.750. The van der Waals surface area contributed by atoms with Crippen molar-refractivity contribution in [2.75, 3.05) is 26.7 Å². The van der Waals surface area contributed by atoms with Crippen LogP contribution in [-0.4, -0.2) is 80.7 Å². The summed E-state index contributed by atoms with van der Waals surface area (Å²) in [7, 11) is 1.76. The Morgan fingerprint density at radius 3 is 1.79 bits per heavy atom. The molecular formula is C24H47N10O4Y-. The second-order valence-electron chi connectivity index (χ2n) is 9.45. The van der Waals surface area contributed by atoms with Gasteiger partial charge in [-0.1, -0.05) is 13.8 Å². The molecule has 0 heterocycles. The maximum atomic E-state index is 12.9. The molecule has 0 aromatic heterocycles. The fourth-order valence-electron chi connectivity index (χ4n) is 3.61. The fourth-order valence-corrected chi connectivity index (χ4v) is 3.61. The van der Waals surface area contributed by atoms with E-state index in [0.717, 1.165) is 0 Å². The van der Waals surface area contributed by atoms with E-state index in [1.807, 2.05) is 20.1 Å². The summed E-state index contributed by atoms with van der Waals surface area (Å²) in [5.41, 5.74) is 21.4. The average Bonchev–Trinajstić information content (AvgIpc) is 2.82. The molecule has 0 saturated carbocycles. The third-order valence-corrected chi connectivity index (χ3v) is 5.66. The van der Waals surface area contributed by atoms with Crippen LogP contribution in [0, 0.1) is 5.92 Å². The number of guanidine groups is 2. The van der Waals surface area contributed by atoms with E-state index >= 15 is 0 Å². The van der Waals surface area contributed by atoms with Crippen LogP contribution >= 0.6 is 0 Å². The molecule has 1 radical (unpaired) electrons. The Kier molecular flexibility index (Phi) is 23.5. The van der Waals surface area contributed by atoms with Gasteiger partial charge in [0, 0.05) is 89.7 Å². The van der Waals surface area contributed by atoms with Gasteiger partial charge in [-0.05, 0) is 38.6 Å². The molecule has 0 bridgehead atoms. The summed E-state index contributed by atoms with van der Waals surface area (Å²) >= 11 is 0. The molecule has 0 aromatic carbocycles. The molecule has 12 N–H and O–H groups in total. The first-order chi connectivity index (χ1) is 18.0. The molecule has 14 nitrogen and oxygen atoms in total. The summed E-state index contributed by atoms with van der Waals surface area (Å²) in [6.07, 6.45) is 4.27. The van der Waals surface area contributed by atoms with Crippen molar-refractivity contribution in [1.82, 2.24) is 21.3 Å². The van der Waals surface area contributed by atoms with Crippen molar-refractivity contribution in [2.45, 2.75) is 83.3 Å². The van der Waals surface area contributed by atoms with Crippen molar-refractivity contribution in [3.8, 4) is 0 Å². The second-order valence-corrected chi connectivity index (χ2v) is 9.45. The maximum absolute atomic E-state index is 12.9. The van der Waals surface area contributed by atoms with Crippen LogP contribution in [0.25, 0.3) is 0 Å². The molecule has 15 heteroatoms. The maximum Gasteiger partial charge on any atom is 0.222 e. The van der Waals surface area contributed by atoms with Crippen molar-refractivity contribution >= 4 is 35.9 Å². The zero-order valence-corrected chi connectivity index (χ0v) is 26.3. The summed E-state index contributed by atoms with van der Waals surface area (Å²) in [6.45, 7) is 5.11. The van der Waals surface area contributed by atoms with E-state index in [9.17, 15) is 19.2 Å². The van der Waals surface area contributed by atoms with Crippen LogP contribution in [0.1, 0.15) is 65.2 Å². The SMILES string of the molecule is CNCCC(=O)N[C@H](CC(=O)N[C@@H](CCCN=C(N)N)CC(=O)N[C@H](C[C-]=O)CCCN=C(N)N)C(C)C.[Y]. The van der Waals surface area contributed by atoms with Crippen molar-refractivity contribution in [3.63, 3.8) is 0 Å². The number of nitrogens with zero attached hydrogens (tertiary/aromatic N) is 2. The Hall–Kier alpha value is -2.32. The number of aliphatic imine (C=N–C) groups is 2. The third kappa shape index (κ3) is 22.2. The molecule has 0 aliphatic rings. The van der Waals surface area contributed by atoms with Gasteiger partial charge < -0.3 is 49.0 Å². The van der Waals surface area contributed by atoms with Gasteiger partial charge in [-0.25, -0.2) is 0 Å². The summed E-state index contributed by atoms with van der Waals surface area (Å²) in [5, 5.41) is 11.6. The number of hydrogen-bond donors (Lipinski definition) is 8. The van der Waals surface area contributed by atoms with Gasteiger partial charge in [0.1, 0.15) is 0 Å². The van der Waals surface area contributed by atoms with Gasteiger partial charge in [-0.3, -0.25) is 30.7 Å². The van der Waals surface area contributed by atoms with Gasteiger partial charge in [0.05, 0.1) is 0 Å². The first-order valence-electron chi connectivity index (χ1n) is 13.0. The number of hydrogen-bond acceptors (Lipinski definition) is 7. The van der Waals surface area contributed by atoms with Crippen LogP contribution in [0.4, 0.5) is 0 Å². The molecule has 0 saturated heterocycles. The van der Waals surface area contributed by atoms with Gasteiger partial charge in [0.25, 0.3) is 0 Å². The van der Waals surface area contributed by atoms with Crippen LogP contribution in [0.5, 0.6) is 0 Å². The molecule has 0 fully saturated rings.